The highest BCUT2D eigenvalue weighted by atomic mass is 19.4. The number of rotatable bonds is 6. The number of benzene rings is 7. The van der Waals surface area contributed by atoms with Gasteiger partial charge in [-0.2, -0.15) is 52.7 Å². The minimum absolute atomic E-state index is 0.0245. The number of halogens is 12. The minimum atomic E-state index is -5.91. The van der Waals surface area contributed by atoms with Crippen molar-refractivity contribution in [2.75, 3.05) is 9.80 Å². The number of hydrogen-bond donors (Lipinski definition) is 0. The average Bonchev–Trinajstić information content (AvgIpc) is 4.13. The quantitative estimate of drug-likeness (QED) is 0.0678. The third-order valence-corrected chi connectivity index (χ3v) is 13.2. The van der Waals surface area contributed by atoms with Crippen molar-refractivity contribution >= 4 is 58.9 Å². The van der Waals surface area contributed by atoms with Crippen LogP contribution < -0.4 is 9.80 Å². The van der Waals surface area contributed by atoms with E-state index >= 15 is 52.7 Å². The topological polar surface area (TPSA) is 162 Å². The van der Waals surface area contributed by atoms with Crippen molar-refractivity contribution in [3.63, 3.8) is 0 Å². The Morgan fingerprint density at radius 3 is 0.833 bits per heavy atom. The number of imide groups is 2. The second-order valence-electron chi connectivity index (χ2n) is 17.7. The fraction of sp³-hybridized carbons (Fsp3) is 0.0741. The number of anilines is 2. The van der Waals surface area contributed by atoms with Crippen LogP contribution >= 0.6 is 0 Å². The Labute approximate surface area is 425 Å². The lowest BCUT2D eigenvalue weighted by Gasteiger charge is -2.25. The van der Waals surface area contributed by atoms with Crippen LogP contribution in [0.3, 0.4) is 0 Å². The number of cyclic esters (lactones) is 4. The molecule has 4 heterocycles. The van der Waals surface area contributed by atoms with Crippen molar-refractivity contribution < 1.29 is 101 Å². The molecule has 7 aromatic rings. The van der Waals surface area contributed by atoms with Gasteiger partial charge in [0, 0.05) is 0 Å². The molecule has 0 saturated carbocycles. The van der Waals surface area contributed by atoms with Crippen molar-refractivity contribution in [3.8, 4) is 44.5 Å². The number of carbonyl (C=O) groups excluding carboxylic acids is 8. The molecule has 7 aromatic carbocycles. The Kier molecular flexibility index (Phi) is 10.9. The highest BCUT2D eigenvalue weighted by Gasteiger charge is 2.47. The van der Waals surface area contributed by atoms with Gasteiger partial charge in [0.2, 0.25) is 0 Å². The van der Waals surface area contributed by atoms with Gasteiger partial charge in [0.1, 0.15) is 0 Å². The maximum Gasteiger partial charge on any atom is 0.417 e. The van der Waals surface area contributed by atoms with Crippen molar-refractivity contribution in [2.45, 2.75) is 24.7 Å². The van der Waals surface area contributed by atoms with Gasteiger partial charge in [-0.15, -0.1) is 0 Å². The van der Waals surface area contributed by atoms with Crippen molar-refractivity contribution in [3.05, 3.63) is 188 Å². The maximum absolute atomic E-state index is 15.1. The summed E-state index contributed by atoms with van der Waals surface area (Å²) in [6.07, 6.45) is -23.4. The molecule has 0 aromatic heterocycles. The molecule has 0 spiro atoms. The van der Waals surface area contributed by atoms with Crippen LogP contribution in [0.4, 0.5) is 64.1 Å². The molecule has 0 atom stereocenters. The summed E-state index contributed by atoms with van der Waals surface area (Å²) in [5, 5.41) is 0. The molecule has 0 bridgehead atoms. The third kappa shape index (κ3) is 7.96. The molecule has 0 saturated heterocycles. The smallest absolute Gasteiger partial charge is 0.386 e. The minimum Gasteiger partial charge on any atom is -0.386 e. The molecule has 0 fully saturated rings. The first-order valence-corrected chi connectivity index (χ1v) is 22.1. The van der Waals surface area contributed by atoms with Crippen molar-refractivity contribution in [1.29, 1.82) is 0 Å². The van der Waals surface area contributed by atoms with Crippen LogP contribution in [0.2, 0.25) is 0 Å². The van der Waals surface area contributed by atoms with Gasteiger partial charge in [0.25, 0.3) is 23.6 Å². The molecule has 0 N–H and O–H groups in total. The van der Waals surface area contributed by atoms with E-state index in [1.54, 1.807) is 0 Å². The van der Waals surface area contributed by atoms with Gasteiger partial charge < -0.3 is 9.47 Å². The molecule has 4 amide bonds. The summed E-state index contributed by atoms with van der Waals surface area (Å²) in [5.41, 5.74) is -18.9. The van der Waals surface area contributed by atoms with E-state index in [2.05, 4.69) is 9.47 Å². The Bertz CT molecular complexity index is 3750. The summed E-state index contributed by atoms with van der Waals surface area (Å²) < 4.78 is 190. The highest BCUT2D eigenvalue weighted by Crippen LogP contribution is 2.51. The largest absolute Gasteiger partial charge is 0.417 e. The Balaban J connectivity index is 0.971. The normalized spacial score (nSPS) is 15.3. The molecule has 390 valence electrons. The van der Waals surface area contributed by atoms with Gasteiger partial charge in [-0.25, -0.2) is 29.0 Å². The van der Waals surface area contributed by atoms with E-state index in [0.29, 0.717) is 12.1 Å². The molecular weight excluding hydrogens is 1060 g/mol. The SMILES string of the molecule is O=C1OC(=O)c2cc(-c3ccc4c(c3)C(=O)N(c3ccc(-c5cc(C(F)(F)F)c(-c6ccc(N7C(=O)c8ccc(-c9ccc%10c(c9)C(=O)OC%10=O)cc8C7=O)cc6C(F)(F)F)cc5C(F)(F)F)c(C(F)(F)F)c3)C4=O)ccc21. The van der Waals surface area contributed by atoms with E-state index in [1.807, 2.05) is 0 Å². The van der Waals surface area contributed by atoms with E-state index in [0.717, 1.165) is 24.3 Å². The van der Waals surface area contributed by atoms with Gasteiger partial charge in [-0.1, -0.05) is 36.4 Å². The first-order chi connectivity index (χ1) is 36.5. The van der Waals surface area contributed by atoms with E-state index in [9.17, 15) is 38.4 Å². The zero-order valence-electron chi connectivity index (χ0n) is 38.1. The number of alkyl halides is 12. The summed E-state index contributed by atoms with van der Waals surface area (Å²) in [4.78, 5) is 103. The first-order valence-electron chi connectivity index (χ1n) is 22.1. The van der Waals surface area contributed by atoms with Crippen LogP contribution in [0, 0.1) is 0 Å². The fourth-order valence-corrected chi connectivity index (χ4v) is 9.64. The molecular formula is C54H20F12N2O10. The van der Waals surface area contributed by atoms with Crippen LogP contribution in [0.5, 0.6) is 0 Å². The number of carbonyl (C=O) groups is 8. The second-order valence-corrected chi connectivity index (χ2v) is 17.7. The number of esters is 4. The van der Waals surface area contributed by atoms with Crippen LogP contribution in [-0.4, -0.2) is 47.5 Å². The predicted molar refractivity (Wildman–Crippen MR) is 243 cm³/mol. The van der Waals surface area contributed by atoms with Gasteiger partial charge >= 0.3 is 48.6 Å². The lowest BCUT2D eigenvalue weighted by molar-refractivity contribution is -0.141. The number of ether oxygens (including phenoxy) is 2. The summed E-state index contributed by atoms with van der Waals surface area (Å²) in [7, 11) is 0. The first kappa shape index (κ1) is 50.4. The van der Waals surface area contributed by atoms with Crippen LogP contribution in [0.25, 0.3) is 44.5 Å². The summed E-state index contributed by atoms with van der Waals surface area (Å²) in [6.45, 7) is 0. The standard InChI is InChI=1S/C54H20F12N2O10/c55-51(56,57)39-17-25(67-43(69)29-7-1-21(13-35(29)45(67)71)23-3-9-31-37(15-23)49(75)77-47(31)73)5-11-27(39)33-19-42(54(64,65)66)34(20-41(33)53(61,62)63)28-12-6-26(18-40(28)52(58,59)60)68-44(70)30-8-2-22(14-36(30)46(68)72)24-4-10-32-38(16-24)50(76)78-48(32)74/h1-20H. The van der Waals surface area contributed by atoms with Crippen LogP contribution in [0.15, 0.2) is 121 Å². The molecule has 78 heavy (non-hydrogen) atoms. The molecule has 0 radical (unpaired) electrons. The lowest BCUT2D eigenvalue weighted by atomic mass is 9.86. The number of amides is 4. The molecule has 24 heteroatoms. The molecule has 12 nitrogen and oxygen atoms in total. The number of fused-ring (bicyclic) bond motifs is 4. The maximum atomic E-state index is 15.1. The molecule has 4 aliphatic heterocycles. The van der Waals surface area contributed by atoms with E-state index in [1.165, 1.54) is 48.5 Å². The van der Waals surface area contributed by atoms with Gasteiger partial charge in [0.15, 0.2) is 0 Å². The van der Waals surface area contributed by atoms with Gasteiger partial charge in [0.05, 0.1) is 78.1 Å². The van der Waals surface area contributed by atoms with Gasteiger partial charge in [-0.05, 0) is 129 Å². The van der Waals surface area contributed by atoms with Crippen LogP contribution in [-0.2, 0) is 34.2 Å². The Morgan fingerprint density at radius 1 is 0.256 bits per heavy atom. The lowest BCUT2D eigenvalue weighted by Crippen LogP contribution is -2.29. The second kappa shape index (κ2) is 16.9. The summed E-state index contributed by atoms with van der Waals surface area (Å²) in [5.74, 6) is -8.84. The summed E-state index contributed by atoms with van der Waals surface area (Å²) in [6, 6.07) is 15.4. The monoisotopic (exact) mass is 1080 g/mol. The molecule has 11 rings (SSSR count). The number of nitrogens with zero attached hydrogens (tertiary/aromatic N) is 2. The highest BCUT2D eigenvalue weighted by molar-refractivity contribution is 6.35. The summed E-state index contributed by atoms with van der Waals surface area (Å²) >= 11 is 0. The third-order valence-electron chi connectivity index (χ3n) is 13.2. The fourth-order valence-electron chi connectivity index (χ4n) is 9.64. The molecule has 4 aliphatic rings. The zero-order chi connectivity index (χ0) is 56.0. The van der Waals surface area contributed by atoms with Crippen molar-refractivity contribution in [2.24, 2.45) is 0 Å². The van der Waals surface area contributed by atoms with E-state index < -0.39 is 151 Å². The van der Waals surface area contributed by atoms with Crippen molar-refractivity contribution in [1.82, 2.24) is 0 Å². The van der Waals surface area contributed by atoms with Crippen LogP contribution in [0.1, 0.15) is 105 Å². The molecule has 0 unspecified atom stereocenters. The Hall–Kier alpha value is -9.74. The number of hydrogen-bond acceptors (Lipinski definition) is 10. The van der Waals surface area contributed by atoms with Gasteiger partial charge in [-0.3, -0.25) is 19.2 Å². The molecule has 0 aliphatic carbocycles. The van der Waals surface area contributed by atoms with E-state index in [4.69, 9.17) is 0 Å². The van der Waals surface area contributed by atoms with E-state index in [-0.39, 0.29) is 89.7 Å². The Morgan fingerprint density at radius 2 is 0.513 bits per heavy atom. The average molecular weight is 1080 g/mol. The zero-order valence-corrected chi connectivity index (χ0v) is 38.1. The predicted octanol–water partition coefficient (Wildman–Crippen LogP) is 12.7.